The van der Waals surface area contributed by atoms with Crippen molar-refractivity contribution in [2.24, 2.45) is 0 Å². The zero-order valence-corrected chi connectivity index (χ0v) is 15.4. The molecule has 1 aromatic heterocycles. The van der Waals surface area contributed by atoms with E-state index in [1.165, 1.54) is 11.3 Å². The zero-order chi connectivity index (χ0) is 19.5. The lowest BCUT2D eigenvalue weighted by atomic mass is 10.1. The van der Waals surface area contributed by atoms with Crippen molar-refractivity contribution in [2.45, 2.75) is 6.42 Å². The summed E-state index contributed by atoms with van der Waals surface area (Å²) in [7, 11) is 0. The Morgan fingerprint density at radius 1 is 0.964 bits per heavy atom. The first-order valence-electron chi connectivity index (χ1n) is 8.53. The summed E-state index contributed by atoms with van der Waals surface area (Å²) < 4.78 is 27.5. The van der Waals surface area contributed by atoms with Gasteiger partial charge in [0.15, 0.2) is 5.13 Å². The van der Waals surface area contributed by atoms with Gasteiger partial charge in [0.2, 0.25) is 5.91 Å². The van der Waals surface area contributed by atoms with Crippen LogP contribution in [0.2, 0.25) is 0 Å². The topological polar surface area (TPSA) is 54.0 Å². The number of carbonyl (C=O) groups is 1. The van der Waals surface area contributed by atoms with Crippen LogP contribution in [0.25, 0.3) is 10.2 Å². The maximum Gasteiger partial charge on any atom is 0.228 e. The summed E-state index contributed by atoms with van der Waals surface area (Å²) in [5.74, 6) is -1.79. The fraction of sp³-hybridized carbons (Fsp3) is 0.0476. The minimum atomic E-state index is -0.707. The maximum atomic E-state index is 13.3. The molecule has 0 unspecified atom stereocenters. The molecule has 1 amide bonds. The Bertz CT molecular complexity index is 1120. The number of amides is 1. The first-order chi connectivity index (χ1) is 13.6. The van der Waals surface area contributed by atoms with E-state index in [1.54, 1.807) is 6.07 Å². The Morgan fingerprint density at radius 3 is 2.46 bits per heavy atom. The van der Waals surface area contributed by atoms with E-state index in [0.717, 1.165) is 28.6 Å². The Balaban J connectivity index is 1.54. The van der Waals surface area contributed by atoms with Crippen LogP contribution in [0.3, 0.4) is 0 Å². The summed E-state index contributed by atoms with van der Waals surface area (Å²) in [4.78, 5) is 16.9. The number of fused-ring (bicyclic) bond motifs is 1. The fourth-order valence-electron chi connectivity index (χ4n) is 2.84. The van der Waals surface area contributed by atoms with Crippen LogP contribution in [0.1, 0.15) is 5.56 Å². The number of nitrogens with one attached hydrogen (secondary N) is 2. The number of para-hydroxylation sites is 2. The normalized spacial score (nSPS) is 10.8. The molecule has 0 spiro atoms. The highest BCUT2D eigenvalue weighted by Crippen LogP contribution is 2.32. The molecule has 28 heavy (non-hydrogen) atoms. The van der Waals surface area contributed by atoms with Crippen LogP contribution < -0.4 is 10.6 Å². The molecule has 140 valence electrons. The third-order valence-electron chi connectivity index (χ3n) is 4.01. The van der Waals surface area contributed by atoms with Crippen LogP contribution in [0.15, 0.2) is 66.7 Å². The number of rotatable bonds is 5. The van der Waals surface area contributed by atoms with Gasteiger partial charge in [-0.05, 0) is 42.0 Å². The molecule has 4 aromatic rings. The monoisotopic (exact) mass is 395 g/mol. The molecule has 0 fully saturated rings. The lowest BCUT2D eigenvalue weighted by molar-refractivity contribution is -0.115. The van der Waals surface area contributed by atoms with E-state index in [0.29, 0.717) is 16.3 Å². The molecular formula is C21H15F2N3OS. The second kappa shape index (κ2) is 7.74. The van der Waals surface area contributed by atoms with E-state index in [-0.39, 0.29) is 17.9 Å². The second-order valence-corrected chi connectivity index (χ2v) is 7.20. The van der Waals surface area contributed by atoms with E-state index < -0.39 is 11.6 Å². The van der Waals surface area contributed by atoms with Gasteiger partial charge >= 0.3 is 0 Å². The van der Waals surface area contributed by atoms with Crippen LogP contribution in [-0.4, -0.2) is 10.9 Å². The van der Waals surface area contributed by atoms with Crippen LogP contribution in [0.5, 0.6) is 0 Å². The van der Waals surface area contributed by atoms with Crippen molar-refractivity contribution in [1.82, 2.24) is 4.98 Å². The highest BCUT2D eigenvalue weighted by molar-refractivity contribution is 7.22. The number of benzene rings is 3. The van der Waals surface area contributed by atoms with Crippen molar-refractivity contribution < 1.29 is 13.6 Å². The molecule has 0 aliphatic rings. The van der Waals surface area contributed by atoms with Gasteiger partial charge in [0.1, 0.15) is 17.2 Å². The highest BCUT2D eigenvalue weighted by atomic mass is 32.1. The summed E-state index contributed by atoms with van der Waals surface area (Å²) in [6, 6.07) is 18.2. The summed E-state index contributed by atoms with van der Waals surface area (Å²) in [5.41, 5.74) is 2.40. The van der Waals surface area contributed by atoms with Crippen molar-refractivity contribution >= 4 is 44.0 Å². The molecule has 4 rings (SSSR count). The first-order valence-corrected chi connectivity index (χ1v) is 9.35. The number of halogens is 2. The minimum Gasteiger partial charge on any atom is -0.332 e. The third kappa shape index (κ3) is 4.15. The quantitative estimate of drug-likeness (QED) is 0.469. The molecule has 7 heteroatoms. The minimum absolute atomic E-state index is 0.135. The van der Waals surface area contributed by atoms with Crippen molar-refractivity contribution in [3.05, 3.63) is 83.9 Å². The van der Waals surface area contributed by atoms with Gasteiger partial charge in [0, 0.05) is 11.8 Å². The summed E-state index contributed by atoms with van der Waals surface area (Å²) in [6.07, 6.45) is -0.135. The number of aromatic nitrogens is 1. The summed E-state index contributed by atoms with van der Waals surface area (Å²) in [5, 5.41) is 6.72. The van der Waals surface area contributed by atoms with Crippen molar-refractivity contribution in [3.63, 3.8) is 0 Å². The predicted octanol–water partition coefficient (Wildman–Crippen LogP) is 5.50. The van der Waals surface area contributed by atoms with Gasteiger partial charge in [-0.25, -0.2) is 13.8 Å². The predicted molar refractivity (Wildman–Crippen MR) is 108 cm³/mol. The molecule has 0 aliphatic heterocycles. The largest absolute Gasteiger partial charge is 0.332 e. The van der Waals surface area contributed by atoms with Crippen LogP contribution in [0, 0.1) is 11.6 Å². The SMILES string of the molecule is O=C(Cc1cc(F)cc(F)c1)Nc1cccc2sc(Nc3ccccc3)nc12. The molecule has 1 heterocycles. The van der Waals surface area contributed by atoms with Crippen molar-refractivity contribution in [1.29, 1.82) is 0 Å². The van der Waals surface area contributed by atoms with E-state index in [2.05, 4.69) is 15.6 Å². The lowest BCUT2D eigenvalue weighted by Crippen LogP contribution is -2.15. The molecule has 0 aliphatic carbocycles. The Labute approximate surface area is 163 Å². The average Bonchev–Trinajstić information content (AvgIpc) is 3.05. The van der Waals surface area contributed by atoms with Crippen LogP contribution in [-0.2, 0) is 11.2 Å². The van der Waals surface area contributed by atoms with E-state index in [4.69, 9.17) is 0 Å². The zero-order valence-electron chi connectivity index (χ0n) is 14.6. The fourth-order valence-corrected chi connectivity index (χ4v) is 3.75. The van der Waals surface area contributed by atoms with Crippen LogP contribution >= 0.6 is 11.3 Å². The molecule has 0 saturated carbocycles. The lowest BCUT2D eigenvalue weighted by Gasteiger charge is -2.06. The van der Waals surface area contributed by atoms with Crippen molar-refractivity contribution in [3.8, 4) is 0 Å². The maximum absolute atomic E-state index is 13.3. The number of nitrogens with zero attached hydrogens (tertiary/aromatic N) is 1. The highest BCUT2D eigenvalue weighted by Gasteiger charge is 2.12. The number of hydrogen-bond donors (Lipinski definition) is 2. The van der Waals surface area contributed by atoms with E-state index >= 15 is 0 Å². The Hall–Kier alpha value is -3.32. The first kappa shape index (κ1) is 18.1. The summed E-state index contributed by atoms with van der Waals surface area (Å²) in [6.45, 7) is 0. The number of hydrogen-bond acceptors (Lipinski definition) is 4. The number of thiazole rings is 1. The Morgan fingerprint density at radius 2 is 1.71 bits per heavy atom. The van der Waals surface area contributed by atoms with Gasteiger partial charge in [-0.3, -0.25) is 4.79 Å². The van der Waals surface area contributed by atoms with Gasteiger partial charge in [0.05, 0.1) is 16.8 Å². The molecule has 2 N–H and O–H groups in total. The van der Waals surface area contributed by atoms with E-state index in [1.807, 2.05) is 42.5 Å². The van der Waals surface area contributed by atoms with Gasteiger partial charge < -0.3 is 10.6 Å². The Kier molecular flexibility index (Phi) is 4.99. The standard InChI is InChI=1S/C21H15F2N3OS/c22-14-9-13(10-15(23)12-14)11-19(27)25-17-7-4-8-18-20(17)26-21(28-18)24-16-5-2-1-3-6-16/h1-10,12H,11H2,(H,24,26)(H,25,27). The van der Waals surface area contributed by atoms with E-state index in [9.17, 15) is 13.6 Å². The van der Waals surface area contributed by atoms with Gasteiger partial charge in [-0.15, -0.1) is 0 Å². The van der Waals surface area contributed by atoms with Gasteiger partial charge in [-0.1, -0.05) is 35.6 Å². The van der Waals surface area contributed by atoms with Gasteiger partial charge in [0.25, 0.3) is 0 Å². The third-order valence-corrected chi connectivity index (χ3v) is 4.94. The molecule has 0 bridgehead atoms. The van der Waals surface area contributed by atoms with Crippen LogP contribution in [0.4, 0.5) is 25.3 Å². The second-order valence-electron chi connectivity index (χ2n) is 6.17. The average molecular weight is 395 g/mol. The van der Waals surface area contributed by atoms with Gasteiger partial charge in [-0.2, -0.15) is 0 Å². The number of anilines is 3. The molecule has 4 nitrogen and oxygen atoms in total. The smallest absolute Gasteiger partial charge is 0.228 e. The molecule has 0 saturated heterocycles. The molecule has 3 aromatic carbocycles. The number of carbonyl (C=O) groups excluding carboxylic acids is 1. The molecular weight excluding hydrogens is 380 g/mol. The van der Waals surface area contributed by atoms with Crippen molar-refractivity contribution in [2.75, 3.05) is 10.6 Å². The molecule has 0 radical (unpaired) electrons. The summed E-state index contributed by atoms with van der Waals surface area (Å²) >= 11 is 1.47. The molecule has 0 atom stereocenters.